The summed E-state index contributed by atoms with van der Waals surface area (Å²) < 4.78 is 158. The van der Waals surface area contributed by atoms with Crippen LogP contribution in [-0.2, 0) is 8.23 Å². The third-order valence-electron chi connectivity index (χ3n) is 5.47. The van der Waals surface area contributed by atoms with Gasteiger partial charge < -0.3 is 17.8 Å². The van der Waals surface area contributed by atoms with Crippen LogP contribution in [0.1, 0.15) is 45.4 Å². The maximum Gasteiger partial charge on any atom is 0.389 e. The van der Waals surface area contributed by atoms with Gasteiger partial charge in [0.1, 0.15) is 0 Å². The van der Waals surface area contributed by atoms with Gasteiger partial charge in [0, 0.05) is 25.7 Å². The van der Waals surface area contributed by atoms with Gasteiger partial charge in [0.05, 0.1) is 0 Å². The molecule has 0 saturated heterocycles. The molecule has 0 amide bonds. The molecule has 0 aliphatic heterocycles. The first-order valence-corrected chi connectivity index (χ1v) is 23.0. The maximum atomic E-state index is 12.5. The molecule has 2 N–H and O–H groups in total. The van der Waals surface area contributed by atoms with Gasteiger partial charge in [-0.25, -0.2) is 0 Å². The van der Waals surface area contributed by atoms with E-state index in [0.717, 1.165) is 25.9 Å². The van der Waals surface area contributed by atoms with Gasteiger partial charge in [-0.2, -0.15) is 52.7 Å². The molecule has 0 heterocycles. The highest BCUT2D eigenvalue weighted by Crippen LogP contribution is 2.33. The van der Waals surface area contributed by atoms with Crippen LogP contribution in [0.15, 0.2) is 0 Å². The molecule has 40 heavy (non-hydrogen) atoms. The molecule has 0 aliphatic rings. The minimum Gasteiger partial charge on any atom is -0.439 e. The van der Waals surface area contributed by atoms with Crippen molar-refractivity contribution in [1.82, 2.24) is 0 Å². The molecule has 0 aromatic rings. The van der Waals surface area contributed by atoms with E-state index in [2.05, 4.69) is 0 Å². The minimum atomic E-state index is -4.60. The average molecular weight is 685 g/mol. The molecule has 20 heteroatoms. The van der Waals surface area contributed by atoms with E-state index in [0.29, 0.717) is 6.04 Å². The molecule has 0 aliphatic carbocycles. The summed E-state index contributed by atoms with van der Waals surface area (Å²) in [5, 5.41) is 0. The van der Waals surface area contributed by atoms with Crippen molar-refractivity contribution in [3.05, 3.63) is 0 Å². The van der Waals surface area contributed by atoms with E-state index < -0.39 is 103 Å². The largest absolute Gasteiger partial charge is 0.439 e. The molecule has 0 bridgehead atoms. The van der Waals surface area contributed by atoms with E-state index in [-0.39, 0.29) is 6.04 Å². The lowest BCUT2D eigenvalue weighted by molar-refractivity contribution is -0.132. The van der Waals surface area contributed by atoms with E-state index in [1.165, 1.54) is 6.55 Å². The Morgan fingerprint density at radius 2 is 1.02 bits per heavy atom. The molecule has 0 radical (unpaired) electrons. The fourth-order valence-electron chi connectivity index (χ4n) is 3.34. The topological polar surface area (TPSA) is 58.9 Å². The molecule has 0 fully saturated rings. The van der Waals surface area contributed by atoms with Crippen molar-refractivity contribution in [2.24, 2.45) is 0 Å². The highest BCUT2D eigenvalue weighted by Gasteiger charge is 2.46. The van der Waals surface area contributed by atoms with E-state index in [4.69, 9.17) is 8.23 Å². The fraction of sp³-hybridized carbons (Fsp3) is 1.00. The van der Waals surface area contributed by atoms with Crippen LogP contribution in [0.25, 0.3) is 0 Å². The standard InChI is InChI=1S/C12H23F9O3Si3.C8H17F3OSi/c1-25(7-4-10(13,14)15)23-27(3,9-6-12(19,20)21)24-26(2,22)8-5-11(16,17)18;1-3-4-6-13(2,12)7-5-8(9,10)11/h22,25H,4-9H2,1-3H3;12H,3-7H2,1-2H3. The van der Waals surface area contributed by atoms with Gasteiger partial charge in [-0.15, -0.1) is 0 Å². The van der Waals surface area contributed by atoms with E-state index >= 15 is 0 Å². The molecule has 0 aromatic heterocycles. The summed E-state index contributed by atoms with van der Waals surface area (Å²) in [5.41, 5.74) is 0. The van der Waals surface area contributed by atoms with Crippen LogP contribution >= 0.6 is 0 Å². The van der Waals surface area contributed by atoms with E-state index in [1.807, 2.05) is 6.92 Å². The highest BCUT2D eigenvalue weighted by atomic mass is 28.5. The maximum absolute atomic E-state index is 12.5. The van der Waals surface area contributed by atoms with Crippen molar-refractivity contribution in [1.29, 1.82) is 0 Å². The molecular weight excluding hydrogens is 645 g/mol. The van der Waals surface area contributed by atoms with E-state index in [1.54, 1.807) is 6.55 Å². The Morgan fingerprint density at radius 1 is 0.625 bits per heavy atom. The van der Waals surface area contributed by atoms with Crippen LogP contribution in [-0.4, -0.2) is 68.8 Å². The number of alkyl halides is 12. The lowest BCUT2D eigenvalue weighted by Crippen LogP contribution is -2.53. The van der Waals surface area contributed by atoms with Crippen molar-refractivity contribution in [3.8, 4) is 0 Å². The van der Waals surface area contributed by atoms with Crippen LogP contribution in [0.5, 0.6) is 0 Å². The van der Waals surface area contributed by atoms with Crippen molar-refractivity contribution in [2.45, 2.75) is 127 Å². The van der Waals surface area contributed by atoms with Gasteiger partial charge in [-0.1, -0.05) is 19.8 Å². The van der Waals surface area contributed by atoms with Gasteiger partial charge in [0.2, 0.25) is 0 Å². The Morgan fingerprint density at radius 3 is 1.43 bits per heavy atom. The zero-order chi connectivity index (χ0) is 32.3. The summed E-state index contributed by atoms with van der Waals surface area (Å²) in [6.07, 6.45) is -20.8. The summed E-state index contributed by atoms with van der Waals surface area (Å²) in [6.45, 7) is 7.07. The normalized spacial score (nSPS) is 18.7. The summed E-state index contributed by atoms with van der Waals surface area (Å²) in [7, 11) is -13.0. The Balaban J connectivity index is 0. The van der Waals surface area contributed by atoms with Crippen LogP contribution in [0.4, 0.5) is 52.7 Å². The second kappa shape index (κ2) is 16.6. The monoisotopic (exact) mass is 684 g/mol. The van der Waals surface area contributed by atoms with Crippen molar-refractivity contribution in [2.75, 3.05) is 0 Å². The van der Waals surface area contributed by atoms with Crippen molar-refractivity contribution in [3.63, 3.8) is 0 Å². The SMILES string of the molecule is CCCC[Si](C)(O)CCC(F)(F)F.C[SiH](CCC(F)(F)F)O[Si](C)(CCC(F)(F)F)O[Si](C)(O)CCC(F)(F)F. The zero-order valence-electron chi connectivity index (χ0n) is 23.1. The Hall–Kier alpha value is -0.132. The van der Waals surface area contributed by atoms with Gasteiger partial charge in [0.15, 0.2) is 17.4 Å². The summed E-state index contributed by atoms with van der Waals surface area (Å²) in [4.78, 5) is 19.8. The second-order valence-electron chi connectivity index (χ2n) is 10.4. The lowest BCUT2D eigenvalue weighted by Gasteiger charge is -2.36. The molecular formula is C20H40F12O4Si4. The van der Waals surface area contributed by atoms with Gasteiger partial charge in [-0.05, 0) is 56.4 Å². The smallest absolute Gasteiger partial charge is 0.389 e. The van der Waals surface area contributed by atoms with Gasteiger partial charge in [0.25, 0.3) is 0 Å². The quantitative estimate of drug-likeness (QED) is 0.134. The number of halogens is 12. The number of unbranched alkanes of at least 4 members (excludes halogenated alkanes) is 1. The first-order valence-electron chi connectivity index (χ1n) is 12.6. The van der Waals surface area contributed by atoms with E-state index in [9.17, 15) is 62.3 Å². The van der Waals surface area contributed by atoms with Crippen LogP contribution < -0.4 is 0 Å². The predicted molar refractivity (Wildman–Crippen MR) is 136 cm³/mol. The first-order chi connectivity index (χ1) is 17.5. The summed E-state index contributed by atoms with van der Waals surface area (Å²) >= 11 is 0. The molecule has 0 saturated carbocycles. The Bertz CT molecular complexity index is 701. The summed E-state index contributed by atoms with van der Waals surface area (Å²) in [6, 6.07) is -1.40. The highest BCUT2D eigenvalue weighted by molar-refractivity contribution is 6.82. The zero-order valence-corrected chi connectivity index (χ0v) is 27.3. The number of hydrogen-bond acceptors (Lipinski definition) is 4. The predicted octanol–water partition coefficient (Wildman–Crippen LogP) is 8.67. The molecule has 244 valence electrons. The first kappa shape index (κ1) is 42.0. The third kappa shape index (κ3) is 28.0. The number of rotatable bonds is 15. The van der Waals surface area contributed by atoms with Crippen LogP contribution in [0.2, 0.25) is 56.4 Å². The van der Waals surface area contributed by atoms with Gasteiger partial charge >= 0.3 is 41.8 Å². The molecule has 0 rings (SSSR count). The van der Waals surface area contributed by atoms with Gasteiger partial charge in [-0.3, -0.25) is 0 Å². The van der Waals surface area contributed by atoms with Crippen molar-refractivity contribution >= 4 is 34.5 Å². The average Bonchev–Trinajstić information content (AvgIpc) is 2.71. The molecule has 4 unspecified atom stereocenters. The molecule has 4 nitrogen and oxygen atoms in total. The fourth-order valence-corrected chi connectivity index (χ4v) is 17.3. The second-order valence-corrected chi connectivity index (χ2v) is 24.0. The Kier molecular flexibility index (Phi) is 17.5. The Labute approximate surface area is 231 Å². The van der Waals surface area contributed by atoms with Crippen molar-refractivity contribution < 1.29 is 70.5 Å². The molecule has 4 atom stereocenters. The minimum absolute atomic E-state index is 0.0590. The van der Waals surface area contributed by atoms with Crippen LogP contribution in [0, 0.1) is 0 Å². The summed E-state index contributed by atoms with van der Waals surface area (Å²) in [5.74, 6) is 0. The van der Waals surface area contributed by atoms with Crippen LogP contribution in [0.3, 0.4) is 0 Å². The lowest BCUT2D eigenvalue weighted by atomic mass is 10.4. The molecule has 0 spiro atoms. The number of hydrogen-bond donors (Lipinski definition) is 2. The third-order valence-corrected chi connectivity index (χ3v) is 18.8. The molecule has 0 aromatic carbocycles.